The van der Waals surface area contributed by atoms with Crippen molar-refractivity contribution >= 4 is 11.5 Å². The number of aryl methyl sites for hydroxylation is 1. The molecule has 0 aromatic heterocycles. The molecule has 1 aliphatic rings. The Morgan fingerprint density at radius 1 is 0.885 bits per heavy atom. The van der Waals surface area contributed by atoms with Crippen LogP contribution in [0.15, 0.2) is 64.9 Å². The van der Waals surface area contributed by atoms with Gasteiger partial charge in [0, 0.05) is 38.3 Å². The highest BCUT2D eigenvalue weighted by atomic mass is 16.4. The van der Waals surface area contributed by atoms with Gasteiger partial charge in [0.2, 0.25) is 0 Å². The van der Waals surface area contributed by atoms with Gasteiger partial charge in [0.25, 0.3) is 0 Å². The summed E-state index contributed by atoms with van der Waals surface area (Å²) in [4.78, 5) is 4.32. The zero-order chi connectivity index (χ0) is 18.4. The van der Waals surface area contributed by atoms with Crippen LogP contribution in [0.1, 0.15) is 16.7 Å². The maximum Gasteiger partial charge on any atom is 0.198 e. The average molecular weight is 352 g/mol. The Hall–Kier alpha value is -2.86. The van der Waals surface area contributed by atoms with Crippen molar-refractivity contribution in [3.05, 3.63) is 71.3 Å². The monoisotopic (exact) mass is 352 g/mol. The second kappa shape index (κ2) is 8.49. The molecule has 0 spiro atoms. The van der Waals surface area contributed by atoms with Crippen LogP contribution in [0.25, 0.3) is 0 Å². The van der Waals surface area contributed by atoms with Gasteiger partial charge in [-0.25, -0.2) is 0 Å². The van der Waals surface area contributed by atoms with Crippen LogP contribution < -0.4 is 0 Å². The molecule has 0 saturated carbocycles. The summed E-state index contributed by atoms with van der Waals surface area (Å²) < 4.78 is 0. The van der Waals surface area contributed by atoms with Crippen molar-refractivity contribution in [2.75, 3.05) is 26.2 Å². The predicted octanol–water partition coefficient (Wildman–Crippen LogP) is 2.78. The maximum atomic E-state index is 9.54. The van der Waals surface area contributed by atoms with Gasteiger partial charge in [-0.05, 0) is 12.5 Å². The first kappa shape index (κ1) is 17.9. The Balaban J connectivity index is 1.65. The van der Waals surface area contributed by atoms with Crippen molar-refractivity contribution in [1.29, 1.82) is 0 Å². The summed E-state index contributed by atoms with van der Waals surface area (Å²) in [6.45, 7) is 6.00. The molecule has 1 fully saturated rings. The molecule has 0 amide bonds. The molecule has 2 N–H and O–H groups in total. The fourth-order valence-corrected chi connectivity index (χ4v) is 3.16. The summed E-state index contributed by atoms with van der Waals surface area (Å²) in [6.07, 6.45) is 0. The summed E-state index contributed by atoms with van der Waals surface area (Å²) >= 11 is 0. The largest absolute Gasteiger partial charge is 0.410 e. The van der Waals surface area contributed by atoms with Crippen molar-refractivity contribution < 1.29 is 10.4 Å². The molecule has 0 unspecified atom stereocenters. The number of hydrogen-bond donors (Lipinski definition) is 2. The van der Waals surface area contributed by atoms with E-state index in [1.165, 1.54) is 5.56 Å². The molecule has 6 nitrogen and oxygen atoms in total. The second-order valence-corrected chi connectivity index (χ2v) is 6.49. The fourth-order valence-electron chi connectivity index (χ4n) is 3.16. The van der Waals surface area contributed by atoms with Gasteiger partial charge in [-0.3, -0.25) is 4.90 Å². The molecule has 0 aliphatic carbocycles. The first-order valence-electron chi connectivity index (χ1n) is 8.74. The normalized spacial score (nSPS) is 16.7. The van der Waals surface area contributed by atoms with E-state index in [2.05, 4.69) is 27.3 Å². The lowest BCUT2D eigenvalue weighted by molar-refractivity contribution is 0.172. The molecule has 2 aromatic carbocycles. The van der Waals surface area contributed by atoms with Crippen molar-refractivity contribution in [3.8, 4) is 0 Å². The number of oxime groups is 2. The van der Waals surface area contributed by atoms with E-state index in [-0.39, 0.29) is 5.71 Å². The first-order valence-corrected chi connectivity index (χ1v) is 8.74. The number of hydrogen-bond acceptors (Lipinski definition) is 5. The molecule has 1 saturated heterocycles. The summed E-state index contributed by atoms with van der Waals surface area (Å²) in [7, 11) is 0. The summed E-state index contributed by atoms with van der Waals surface area (Å²) in [6, 6.07) is 18.0. The molecule has 1 heterocycles. The summed E-state index contributed by atoms with van der Waals surface area (Å²) in [5.74, 6) is 0.302. The van der Waals surface area contributed by atoms with Crippen LogP contribution in [-0.2, 0) is 6.54 Å². The smallest absolute Gasteiger partial charge is 0.198 e. The van der Waals surface area contributed by atoms with Crippen LogP contribution in [0.5, 0.6) is 0 Å². The van der Waals surface area contributed by atoms with Crippen molar-refractivity contribution in [2.24, 2.45) is 10.3 Å². The molecule has 0 bridgehead atoms. The third-order valence-corrected chi connectivity index (χ3v) is 4.65. The van der Waals surface area contributed by atoms with Gasteiger partial charge in [0.1, 0.15) is 0 Å². The zero-order valence-electron chi connectivity index (χ0n) is 14.9. The van der Waals surface area contributed by atoms with Crippen LogP contribution in [0, 0.1) is 6.92 Å². The highest BCUT2D eigenvalue weighted by Crippen LogP contribution is 2.12. The van der Waals surface area contributed by atoms with Crippen LogP contribution >= 0.6 is 0 Å². The third-order valence-electron chi connectivity index (χ3n) is 4.65. The highest BCUT2D eigenvalue weighted by Gasteiger charge is 2.25. The van der Waals surface area contributed by atoms with Crippen molar-refractivity contribution in [3.63, 3.8) is 0 Å². The molecule has 136 valence electrons. The Morgan fingerprint density at radius 2 is 1.54 bits per heavy atom. The average Bonchev–Trinajstić information content (AvgIpc) is 2.69. The second-order valence-electron chi connectivity index (χ2n) is 6.49. The first-order chi connectivity index (χ1) is 12.7. The number of nitrogens with zero attached hydrogens (tertiary/aromatic N) is 4. The van der Waals surface area contributed by atoms with Crippen molar-refractivity contribution in [2.45, 2.75) is 13.5 Å². The van der Waals surface area contributed by atoms with E-state index in [1.54, 1.807) is 0 Å². The van der Waals surface area contributed by atoms with Crippen LogP contribution in [0.3, 0.4) is 0 Å². The van der Waals surface area contributed by atoms with Crippen LogP contribution in [-0.4, -0.2) is 57.9 Å². The van der Waals surface area contributed by atoms with E-state index in [9.17, 15) is 10.4 Å². The minimum atomic E-state index is 0.281. The van der Waals surface area contributed by atoms with E-state index < -0.39 is 0 Å². The zero-order valence-corrected chi connectivity index (χ0v) is 14.9. The van der Waals surface area contributed by atoms with Crippen LogP contribution in [0.2, 0.25) is 0 Å². The number of benzene rings is 2. The number of piperazine rings is 1. The summed E-state index contributed by atoms with van der Waals surface area (Å²) in [5.41, 5.74) is 3.40. The Bertz CT molecular complexity index is 764. The highest BCUT2D eigenvalue weighted by molar-refractivity contribution is 6.47. The number of rotatable bonds is 4. The fraction of sp³-hybridized carbons (Fsp3) is 0.300. The molecule has 0 radical (unpaired) electrons. The molecule has 26 heavy (non-hydrogen) atoms. The molecule has 2 aromatic rings. The van der Waals surface area contributed by atoms with Gasteiger partial charge in [-0.1, -0.05) is 70.5 Å². The molecule has 3 rings (SSSR count). The maximum absolute atomic E-state index is 9.54. The van der Waals surface area contributed by atoms with Crippen LogP contribution in [0.4, 0.5) is 0 Å². The molecule has 6 heteroatoms. The van der Waals surface area contributed by atoms with E-state index in [4.69, 9.17) is 0 Å². The Labute approximate surface area is 153 Å². The molecule has 0 atom stereocenters. The van der Waals surface area contributed by atoms with E-state index in [1.807, 2.05) is 54.3 Å². The lowest BCUT2D eigenvalue weighted by Crippen LogP contribution is -2.50. The van der Waals surface area contributed by atoms with Gasteiger partial charge in [0.15, 0.2) is 11.5 Å². The Morgan fingerprint density at radius 3 is 2.12 bits per heavy atom. The van der Waals surface area contributed by atoms with E-state index >= 15 is 0 Å². The molecule has 1 aliphatic heterocycles. The van der Waals surface area contributed by atoms with Gasteiger partial charge < -0.3 is 15.3 Å². The lowest BCUT2D eigenvalue weighted by Gasteiger charge is -2.36. The van der Waals surface area contributed by atoms with E-state index in [0.717, 1.165) is 30.8 Å². The standard InChI is InChI=1S/C20H24N4O2/c1-16-7-9-18(10-8-16)19(21-25)20(22-26)24-13-11-23(12-14-24)15-17-5-3-2-4-6-17/h2-10,25-26H,11-15H2,1H3/b21-19+,22-20+. The van der Waals surface area contributed by atoms with Gasteiger partial charge in [0.05, 0.1) is 0 Å². The van der Waals surface area contributed by atoms with Gasteiger partial charge in [-0.15, -0.1) is 0 Å². The molecular formula is C20H24N4O2. The Kier molecular flexibility index (Phi) is 5.86. The predicted molar refractivity (Wildman–Crippen MR) is 102 cm³/mol. The third kappa shape index (κ3) is 4.21. The lowest BCUT2D eigenvalue weighted by atomic mass is 10.1. The SMILES string of the molecule is Cc1ccc(C(=N\O)/C(=N\O)N2CCN(Cc3ccccc3)CC2)cc1. The van der Waals surface area contributed by atoms with Gasteiger partial charge in [-0.2, -0.15) is 0 Å². The summed E-state index contributed by atoms with van der Waals surface area (Å²) in [5, 5.41) is 25.8. The minimum Gasteiger partial charge on any atom is -0.410 e. The number of amidine groups is 1. The quantitative estimate of drug-likeness (QED) is 0.384. The molecular weight excluding hydrogens is 328 g/mol. The topological polar surface area (TPSA) is 71.7 Å². The van der Waals surface area contributed by atoms with E-state index in [0.29, 0.717) is 18.9 Å². The van der Waals surface area contributed by atoms with Crippen molar-refractivity contribution in [1.82, 2.24) is 9.80 Å². The van der Waals surface area contributed by atoms with Gasteiger partial charge >= 0.3 is 0 Å². The minimum absolute atomic E-state index is 0.281.